The lowest BCUT2D eigenvalue weighted by molar-refractivity contribution is 0.397. The Bertz CT molecular complexity index is 425. The van der Waals surface area contributed by atoms with Crippen LogP contribution in [0.3, 0.4) is 0 Å². The molecule has 1 aromatic rings. The predicted molar refractivity (Wildman–Crippen MR) is 81.0 cm³/mol. The van der Waals surface area contributed by atoms with E-state index in [1.165, 1.54) is 43.4 Å². The first kappa shape index (κ1) is 14.3. The van der Waals surface area contributed by atoms with Crippen LogP contribution in [0.15, 0.2) is 11.8 Å². The van der Waals surface area contributed by atoms with Crippen molar-refractivity contribution < 1.29 is 0 Å². The molecule has 0 aliphatic heterocycles. The predicted octanol–water partition coefficient (Wildman–Crippen LogP) is 3.30. The zero-order chi connectivity index (χ0) is 13.7. The van der Waals surface area contributed by atoms with E-state index < -0.39 is 0 Å². The van der Waals surface area contributed by atoms with E-state index in [1.54, 1.807) is 5.57 Å². The molecule has 106 valence electrons. The van der Waals surface area contributed by atoms with Crippen molar-refractivity contribution in [2.24, 2.45) is 13.0 Å². The fourth-order valence-corrected chi connectivity index (χ4v) is 2.91. The van der Waals surface area contributed by atoms with E-state index >= 15 is 0 Å². The molecule has 2 rings (SSSR count). The molecule has 1 N–H and O–H groups in total. The highest BCUT2D eigenvalue weighted by Gasteiger charge is 2.18. The molecule has 1 fully saturated rings. The number of hydrogen-bond donors (Lipinski definition) is 1. The summed E-state index contributed by atoms with van der Waals surface area (Å²) < 4.78 is 1.96. The van der Waals surface area contributed by atoms with Gasteiger partial charge in [0.15, 0.2) is 0 Å². The Hall–Kier alpha value is -1.09. The molecule has 1 aliphatic carbocycles. The summed E-state index contributed by atoms with van der Waals surface area (Å²) in [6.45, 7) is 6.38. The van der Waals surface area contributed by atoms with Gasteiger partial charge in [0.1, 0.15) is 0 Å². The molecule has 1 aliphatic rings. The normalized spacial score (nSPS) is 17.9. The summed E-state index contributed by atoms with van der Waals surface area (Å²) in [7, 11) is 2.01. The molecule has 0 aromatic carbocycles. The van der Waals surface area contributed by atoms with Gasteiger partial charge in [-0.05, 0) is 32.2 Å². The molecule has 19 heavy (non-hydrogen) atoms. The van der Waals surface area contributed by atoms with E-state index in [0.29, 0.717) is 0 Å². The number of aryl methyl sites for hydroxylation is 1. The summed E-state index contributed by atoms with van der Waals surface area (Å²) in [5.74, 6) is 0.771. The Balaban J connectivity index is 2.18. The topological polar surface area (TPSA) is 29.9 Å². The maximum atomic E-state index is 4.35. The number of rotatable bonds is 5. The van der Waals surface area contributed by atoms with Crippen molar-refractivity contribution in [3.63, 3.8) is 0 Å². The van der Waals surface area contributed by atoms with Gasteiger partial charge in [-0.15, -0.1) is 0 Å². The molecule has 0 bridgehead atoms. The Kier molecular flexibility index (Phi) is 5.20. The van der Waals surface area contributed by atoms with Crippen LogP contribution in [0, 0.1) is 12.8 Å². The Morgan fingerprint density at radius 2 is 2.16 bits per heavy atom. The summed E-state index contributed by atoms with van der Waals surface area (Å²) in [5, 5.41) is 7.84. The molecule has 0 amide bonds. The summed E-state index contributed by atoms with van der Waals surface area (Å²) in [6.07, 6.45) is 11.3. The molecule has 1 aromatic heterocycles. The van der Waals surface area contributed by atoms with Gasteiger partial charge in [0.2, 0.25) is 0 Å². The van der Waals surface area contributed by atoms with Crippen molar-refractivity contribution in [1.29, 1.82) is 0 Å². The first-order valence-electron chi connectivity index (χ1n) is 7.62. The van der Waals surface area contributed by atoms with Gasteiger partial charge < -0.3 is 5.32 Å². The van der Waals surface area contributed by atoms with Crippen LogP contribution in [-0.2, 0) is 7.05 Å². The number of aromatic nitrogens is 2. The highest BCUT2D eigenvalue weighted by Crippen LogP contribution is 2.30. The highest BCUT2D eigenvalue weighted by atomic mass is 15.3. The minimum Gasteiger partial charge on any atom is -0.313 e. The van der Waals surface area contributed by atoms with Crippen LogP contribution in [0.5, 0.6) is 0 Å². The number of nitrogens with zero attached hydrogens (tertiary/aromatic N) is 2. The van der Waals surface area contributed by atoms with Gasteiger partial charge in [-0.3, -0.25) is 4.68 Å². The highest BCUT2D eigenvalue weighted by molar-refractivity contribution is 5.55. The molecular weight excluding hydrogens is 234 g/mol. The molecule has 0 unspecified atom stereocenters. The Labute approximate surface area is 117 Å². The second-order valence-electron chi connectivity index (χ2n) is 5.64. The lowest BCUT2D eigenvalue weighted by atomic mass is 9.83. The van der Waals surface area contributed by atoms with Gasteiger partial charge >= 0.3 is 0 Å². The molecule has 0 atom stereocenters. The molecular formula is C16H27N3. The van der Waals surface area contributed by atoms with Gasteiger partial charge in [0.05, 0.1) is 6.20 Å². The maximum Gasteiger partial charge on any atom is 0.0564 e. The van der Waals surface area contributed by atoms with Crippen LogP contribution < -0.4 is 5.32 Å². The molecule has 0 saturated heterocycles. The fourth-order valence-electron chi connectivity index (χ4n) is 2.91. The zero-order valence-electron chi connectivity index (χ0n) is 12.6. The number of hydrogen-bond acceptors (Lipinski definition) is 2. The average molecular weight is 261 g/mol. The van der Waals surface area contributed by atoms with Crippen LogP contribution in [0.2, 0.25) is 0 Å². The van der Waals surface area contributed by atoms with Crippen molar-refractivity contribution in [2.75, 3.05) is 13.1 Å². The van der Waals surface area contributed by atoms with Crippen molar-refractivity contribution >= 4 is 6.08 Å². The second-order valence-corrected chi connectivity index (χ2v) is 5.64. The van der Waals surface area contributed by atoms with Crippen molar-refractivity contribution in [2.45, 2.75) is 46.0 Å². The molecule has 1 saturated carbocycles. The van der Waals surface area contributed by atoms with Gasteiger partial charge in [-0.1, -0.05) is 37.8 Å². The van der Waals surface area contributed by atoms with Crippen LogP contribution in [-0.4, -0.2) is 22.9 Å². The van der Waals surface area contributed by atoms with E-state index in [9.17, 15) is 0 Å². The Morgan fingerprint density at radius 3 is 2.74 bits per heavy atom. The summed E-state index contributed by atoms with van der Waals surface area (Å²) in [4.78, 5) is 0. The molecule has 1 heterocycles. The zero-order valence-corrected chi connectivity index (χ0v) is 12.6. The average Bonchev–Trinajstić information content (AvgIpc) is 2.76. The van der Waals surface area contributed by atoms with Gasteiger partial charge in [0.25, 0.3) is 0 Å². The lowest BCUT2D eigenvalue weighted by Crippen LogP contribution is -2.22. The largest absolute Gasteiger partial charge is 0.313 e. The fraction of sp³-hybridized carbons (Fsp3) is 0.688. The van der Waals surface area contributed by atoms with E-state index in [2.05, 4.69) is 30.3 Å². The molecule has 3 heteroatoms. The van der Waals surface area contributed by atoms with Crippen molar-refractivity contribution in [3.05, 3.63) is 23.0 Å². The molecule has 0 radical (unpaired) electrons. The van der Waals surface area contributed by atoms with E-state index in [0.717, 1.165) is 19.0 Å². The number of likely N-dealkylation sites (N-methyl/N-ethyl adjacent to an activating group) is 1. The van der Waals surface area contributed by atoms with E-state index in [4.69, 9.17) is 0 Å². The smallest absolute Gasteiger partial charge is 0.0564 e. The quantitative estimate of drug-likeness (QED) is 0.881. The van der Waals surface area contributed by atoms with Gasteiger partial charge in [0, 0.05) is 24.8 Å². The third kappa shape index (κ3) is 3.69. The Morgan fingerprint density at radius 1 is 1.42 bits per heavy atom. The minimum atomic E-state index is 0.771. The third-order valence-electron chi connectivity index (χ3n) is 4.32. The maximum absolute atomic E-state index is 4.35. The van der Waals surface area contributed by atoms with E-state index in [-0.39, 0.29) is 0 Å². The number of nitrogens with one attached hydrogen (secondary N) is 1. The standard InChI is InChI=1S/C16H27N3/c1-4-17-11-16(14-8-6-5-7-9-14)10-15-12-18-19(3)13(15)2/h10,12,14,17H,4-9,11H2,1-3H3. The van der Waals surface area contributed by atoms with Crippen LogP contribution in [0.4, 0.5) is 0 Å². The third-order valence-corrected chi connectivity index (χ3v) is 4.32. The lowest BCUT2D eigenvalue weighted by Gasteiger charge is -2.25. The van der Waals surface area contributed by atoms with Gasteiger partial charge in [-0.2, -0.15) is 5.10 Å². The summed E-state index contributed by atoms with van der Waals surface area (Å²) >= 11 is 0. The van der Waals surface area contributed by atoms with Crippen molar-refractivity contribution in [3.8, 4) is 0 Å². The second kappa shape index (κ2) is 6.90. The summed E-state index contributed by atoms with van der Waals surface area (Å²) in [5.41, 5.74) is 4.10. The first-order chi connectivity index (χ1) is 9.22. The van der Waals surface area contributed by atoms with Crippen molar-refractivity contribution in [1.82, 2.24) is 15.1 Å². The van der Waals surface area contributed by atoms with E-state index in [1.807, 2.05) is 17.9 Å². The monoisotopic (exact) mass is 261 g/mol. The first-order valence-corrected chi connectivity index (χ1v) is 7.62. The molecule has 0 spiro atoms. The SMILES string of the molecule is CCNCC(=Cc1cnn(C)c1C)C1CCCCC1. The van der Waals surface area contributed by atoms with Crippen LogP contribution in [0.25, 0.3) is 6.08 Å². The van der Waals surface area contributed by atoms with Crippen LogP contribution >= 0.6 is 0 Å². The van der Waals surface area contributed by atoms with Crippen LogP contribution in [0.1, 0.15) is 50.3 Å². The minimum absolute atomic E-state index is 0.771. The molecule has 3 nitrogen and oxygen atoms in total. The summed E-state index contributed by atoms with van der Waals surface area (Å²) in [6, 6.07) is 0. The van der Waals surface area contributed by atoms with Gasteiger partial charge in [-0.25, -0.2) is 0 Å².